The van der Waals surface area contributed by atoms with Gasteiger partial charge >= 0.3 is 0 Å². The number of nitrogens with zero attached hydrogens (tertiary/aromatic N) is 1. The first-order valence-corrected chi connectivity index (χ1v) is 15.4. The smallest absolute Gasteiger partial charge is 0.223 e. The monoisotopic (exact) mass is 510 g/mol. The molecule has 0 radical (unpaired) electrons. The van der Waals surface area contributed by atoms with E-state index in [1.165, 1.54) is 57.8 Å². The fraction of sp³-hybridized carbons (Fsp3) is 0.935. The van der Waals surface area contributed by atoms with Crippen molar-refractivity contribution >= 4 is 11.8 Å². The molecule has 0 heterocycles. The highest BCUT2D eigenvalue weighted by Crippen LogP contribution is 2.38. The summed E-state index contributed by atoms with van der Waals surface area (Å²) in [6.07, 6.45) is 18.2. The van der Waals surface area contributed by atoms with Crippen LogP contribution in [0.4, 0.5) is 0 Å². The van der Waals surface area contributed by atoms with Crippen molar-refractivity contribution in [1.29, 1.82) is 0 Å². The molecule has 0 fully saturated rings. The van der Waals surface area contributed by atoms with Crippen molar-refractivity contribution in [1.82, 2.24) is 10.2 Å². The lowest BCUT2D eigenvalue weighted by molar-refractivity contribution is -0.148. The molecule has 0 aromatic heterocycles. The first kappa shape index (κ1) is 34.9. The van der Waals surface area contributed by atoms with E-state index in [9.17, 15) is 9.59 Å². The molecular weight excluding hydrogens is 448 g/mol. The summed E-state index contributed by atoms with van der Waals surface area (Å²) in [5, 5.41) is 2.90. The molecule has 5 nitrogen and oxygen atoms in total. The summed E-state index contributed by atoms with van der Waals surface area (Å²) in [6, 6.07) is 0. The highest BCUT2D eigenvalue weighted by Gasteiger charge is 2.42. The number of nitrogens with one attached hydrogen (secondary N) is 1. The van der Waals surface area contributed by atoms with Gasteiger partial charge in [-0.1, -0.05) is 97.8 Å². The van der Waals surface area contributed by atoms with Crippen molar-refractivity contribution in [2.45, 2.75) is 169 Å². The molecule has 0 saturated carbocycles. The number of rotatable bonds is 24. The minimum Gasteiger partial charge on any atom is -0.380 e. The van der Waals surface area contributed by atoms with E-state index in [4.69, 9.17) is 4.74 Å². The number of carbonyl (C=O) groups is 2. The maximum atomic E-state index is 13.9. The number of amides is 2. The lowest BCUT2D eigenvalue weighted by atomic mass is 9.80. The number of hydrogen-bond acceptors (Lipinski definition) is 3. The van der Waals surface area contributed by atoms with Crippen LogP contribution in [0.25, 0.3) is 0 Å². The van der Waals surface area contributed by atoms with E-state index in [0.717, 1.165) is 38.5 Å². The van der Waals surface area contributed by atoms with E-state index >= 15 is 0 Å². The van der Waals surface area contributed by atoms with Crippen molar-refractivity contribution < 1.29 is 14.3 Å². The third-order valence-electron chi connectivity index (χ3n) is 7.51. The van der Waals surface area contributed by atoms with Crippen molar-refractivity contribution in [2.75, 3.05) is 19.8 Å². The maximum absolute atomic E-state index is 13.9. The summed E-state index contributed by atoms with van der Waals surface area (Å²) in [7, 11) is 0. The molecule has 0 rings (SSSR count). The van der Waals surface area contributed by atoms with Crippen LogP contribution in [0.15, 0.2) is 0 Å². The second-order valence-corrected chi connectivity index (χ2v) is 11.5. The van der Waals surface area contributed by atoms with E-state index in [0.29, 0.717) is 19.8 Å². The summed E-state index contributed by atoms with van der Waals surface area (Å²) >= 11 is 0. The van der Waals surface area contributed by atoms with Crippen LogP contribution in [0.3, 0.4) is 0 Å². The Hall–Kier alpha value is -1.10. The van der Waals surface area contributed by atoms with Crippen LogP contribution in [-0.4, -0.2) is 47.6 Å². The Labute approximate surface area is 224 Å². The number of unbranched alkanes of at least 4 members (excludes halogenated alkanes) is 9. The second-order valence-electron chi connectivity index (χ2n) is 11.5. The van der Waals surface area contributed by atoms with Gasteiger partial charge in [-0.25, -0.2) is 0 Å². The molecule has 0 aromatic rings. The molecule has 0 aromatic carbocycles. The van der Waals surface area contributed by atoms with Gasteiger partial charge in [-0.15, -0.1) is 0 Å². The summed E-state index contributed by atoms with van der Waals surface area (Å²) in [5.41, 5.74) is -0.390. The van der Waals surface area contributed by atoms with Crippen molar-refractivity contribution in [3.8, 4) is 0 Å². The highest BCUT2D eigenvalue weighted by atomic mass is 16.5. The van der Waals surface area contributed by atoms with Crippen LogP contribution in [0, 0.1) is 0 Å². The van der Waals surface area contributed by atoms with Gasteiger partial charge in [-0.3, -0.25) is 9.59 Å². The zero-order chi connectivity index (χ0) is 27.3. The standard InChI is InChI=1S/C31H62N2O3/c1-8-12-15-18-23-30(5,6)33(29(35)22-21-28(34)32-26-27-36-11-4)31(7,24-19-16-13-9-2)25-20-17-14-10-3/h8-27H2,1-7H3,(H,32,34). The Kier molecular flexibility index (Phi) is 20.3. The van der Waals surface area contributed by atoms with Gasteiger partial charge in [0.15, 0.2) is 0 Å². The molecule has 0 spiro atoms. The molecule has 36 heavy (non-hydrogen) atoms. The first-order valence-electron chi connectivity index (χ1n) is 15.4. The predicted octanol–water partition coefficient (Wildman–Crippen LogP) is 8.20. The number of hydrogen-bond donors (Lipinski definition) is 1. The van der Waals surface area contributed by atoms with Crippen molar-refractivity contribution in [3.05, 3.63) is 0 Å². The van der Waals surface area contributed by atoms with Gasteiger partial charge < -0.3 is 15.0 Å². The van der Waals surface area contributed by atoms with Crippen molar-refractivity contribution in [2.24, 2.45) is 0 Å². The van der Waals surface area contributed by atoms with Gasteiger partial charge in [-0.2, -0.15) is 0 Å². The third-order valence-corrected chi connectivity index (χ3v) is 7.51. The first-order chi connectivity index (χ1) is 17.2. The molecule has 214 valence electrons. The molecule has 0 aliphatic rings. The fourth-order valence-electron chi connectivity index (χ4n) is 5.51. The molecule has 0 atom stereocenters. The SMILES string of the molecule is CCCCCCC(C)(C)N(C(=O)CCC(=O)NCCOCC)C(C)(CCCCCC)CCCCCC. The van der Waals surface area contributed by atoms with Gasteiger partial charge in [0, 0.05) is 37.1 Å². The maximum Gasteiger partial charge on any atom is 0.223 e. The van der Waals surface area contributed by atoms with Gasteiger partial charge in [0.2, 0.25) is 11.8 Å². The van der Waals surface area contributed by atoms with Crippen LogP contribution < -0.4 is 5.32 Å². The number of ether oxygens (including phenoxy) is 1. The van der Waals surface area contributed by atoms with Crippen LogP contribution >= 0.6 is 0 Å². The molecule has 2 amide bonds. The predicted molar refractivity (Wildman–Crippen MR) is 154 cm³/mol. The van der Waals surface area contributed by atoms with E-state index in [1.807, 2.05) is 6.92 Å². The molecule has 0 unspecified atom stereocenters. The number of carbonyl (C=O) groups excluding carboxylic acids is 2. The molecule has 0 saturated heterocycles. The summed E-state index contributed by atoms with van der Waals surface area (Å²) in [5.74, 6) is 0.0836. The molecule has 0 aliphatic heterocycles. The largest absolute Gasteiger partial charge is 0.380 e. The molecule has 0 bridgehead atoms. The molecular formula is C31H62N2O3. The topological polar surface area (TPSA) is 58.6 Å². The second kappa shape index (κ2) is 20.9. The van der Waals surface area contributed by atoms with Crippen LogP contribution in [-0.2, 0) is 14.3 Å². The summed E-state index contributed by atoms with van der Waals surface area (Å²) in [6.45, 7) is 17.2. The highest BCUT2D eigenvalue weighted by molar-refractivity contribution is 5.84. The van der Waals surface area contributed by atoms with E-state index < -0.39 is 0 Å². The third kappa shape index (κ3) is 15.2. The quantitative estimate of drug-likeness (QED) is 0.133. The summed E-state index contributed by atoms with van der Waals surface area (Å²) < 4.78 is 5.31. The average Bonchev–Trinajstić information content (AvgIpc) is 2.84. The van der Waals surface area contributed by atoms with Crippen LogP contribution in [0.5, 0.6) is 0 Å². The van der Waals surface area contributed by atoms with Gasteiger partial charge in [0.05, 0.1) is 6.61 Å². The molecule has 5 heteroatoms. The fourth-order valence-corrected chi connectivity index (χ4v) is 5.51. The summed E-state index contributed by atoms with van der Waals surface area (Å²) in [4.78, 5) is 28.6. The minimum absolute atomic E-state index is 0.0589. The normalized spacial score (nSPS) is 12.1. The van der Waals surface area contributed by atoms with Crippen LogP contribution in [0.2, 0.25) is 0 Å². The average molecular weight is 511 g/mol. The Bertz CT molecular complexity index is 550. The van der Waals surface area contributed by atoms with Gasteiger partial charge in [0.1, 0.15) is 0 Å². The zero-order valence-corrected chi connectivity index (χ0v) is 25.3. The lowest BCUT2D eigenvalue weighted by Gasteiger charge is -2.51. The Morgan fingerprint density at radius 3 is 1.67 bits per heavy atom. The molecule has 1 N–H and O–H groups in total. The Morgan fingerprint density at radius 2 is 1.19 bits per heavy atom. The van der Waals surface area contributed by atoms with E-state index in [2.05, 4.69) is 51.8 Å². The van der Waals surface area contributed by atoms with Gasteiger partial charge in [-0.05, 0) is 47.0 Å². The van der Waals surface area contributed by atoms with E-state index in [-0.39, 0.29) is 35.7 Å². The lowest BCUT2D eigenvalue weighted by Crippen LogP contribution is -2.59. The van der Waals surface area contributed by atoms with Gasteiger partial charge in [0.25, 0.3) is 0 Å². The zero-order valence-electron chi connectivity index (χ0n) is 25.3. The van der Waals surface area contributed by atoms with Crippen molar-refractivity contribution in [3.63, 3.8) is 0 Å². The van der Waals surface area contributed by atoms with E-state index in [1.54, 1.807) is 0 Å². The Balaban J connectivity index is 5.62. The Morgan fingerprint density at radius 1 is 0.694 bits per heavy atom. The minimum atomic E-state index is -0.222. The molecule has 0 aliphatic carbocycles. The van der Waals surface area contributed by atoms with Crippen LogP contribution in [0.1, 0.15) is 158 Å².